The third kappa shape index (κ3) is 1.29. The average Bonchev–Trinajstić information content (AvgIpc) is 2.74. The fourth-order valence-electron chi connectivity index (χ4n) is 2.66. The Hall–Kier alpha value is -0.760. The van der Waals surface area contributed by atoms with E-state index in [1.165, 1.54) is 12.6 Å². The van der Waals surface area contributed by atoms with Crippen LogP contribution in [0.1, 0.15) is 12.8 Å². The van der Waals surface area contributed by atoms with Gasteiger partial charge in [0.1, 0.15) is 0 Å². The van der Waals surface area contributed by atoms with Gasteiger partial charge >= 0.3 is 5.97 Å². The molecule has 0 amide bonds. The maximum Gasteiger partial charge on any atom is 0.309 e. The molecule has 2 aliphatic rings. The van der Waals surface area contributed by atoms with Crippen LogP contribution < -0.4 is 0 Å². The number of fused-ring (bicyclic) bond motifs is 2. The Morgan fingerprint density at radius 3 is 3.07 bits per heavy atom. The van der Waals surface area contributed by atoms with Gasteiger partial charge in [0.2, 0.25) is 0 Å². The van der Waals surface area contributed by atoms with E-state index in [0.717, 1.165) is 12.8 Å². The summed E-state index contributed by atoms with van der Waals surface area (Å²) in [5.41, 5.74) is 1.34. The predicted octanol–water partition coefficient (Wildman–Crippen LogP) is 2.49. The Kier molecular flexibility index (Phi) is 2.40. The Labute approximate surface area is 88.6 Å². The zero-order chi connectivity index (χ0) is 10.2. The lowest BCUT2D eigenvalue weighted by Gasteiger charge is -2.26. The second-order valence-electron chi connectivity index (χ2n) is 4.04. The average molecular weight is 213 g/mol. The molecule has 1 saturated carbocycles. The van der Waals surface area contributed by atoms with Gasteiger partial charge in [-0.2, -0.15) is 0 Å². The van der Waals surface area contributed by atoms with E-state index in [9.17, 15) is 4.79 Å². The van der Waals surface area contributed by atoms with Gasteiger partial charge in [0.25, 0.3) is 0 Å². The summed E-state index contributed by atoms with van der Waals surface area (Å²) in [6.07, 6.45) is 8.08. The predicted molar refractivity (Wildman–Crippen MR) is 54.8 cm³/mol. The van der Waals surface area contributed by atoms with Gasteiger partial charge in [-0.05, 0) is 18.8 Å². The van der Waals surface area contributed by atoms with E-state index < -0.39 is 0 Å². The van der Waals surface area contributed by atoms with Crippen molar-refractivity contribution in [3.05, 3.63) is 23.8 Å². The molecule has 0 saturated heterocycles. The fourth-order valence-corrected chi connectivity index (χ4v) is 2.90. The van der Waals surface area contributed by atoms with Crippen LogP contribution in [0.4, 0.5) is 0 Å². The molecule has 1 fully saturated rings. The van der Waals surface area contributed by atoms with E-state index >= 15 is 0 Å². The highest BCUT2D eigenvalue weighted by Crippen LogP contribution is 2.54. The largest absolute Gasteiger partial charge is 0.469 e. The van der Waals surface area contributed by atoms with Crippen molar-refractivity contribution in [1.82, 2.24) is 0 Å². The topological polar surface area (TPSA) is 26.3 Å². The first-order chi connectivity index (χ1) is 6.72. The molecule has 0 heterocycles. The van der Waals surface area contributed by atoms with Crippen molar-refractivity contribution in [2.45, 2.75) is 12.8 Å². The van der Waals surface area contributed by atoms with Crippen molar-refractivity contribution in [2.75, 3.05) is 7.11 Å². The number of methoxy groups -OCH3 is 1. The molecule has 0 aliphatic heterocycles. The summed E-state index contributed by atoms with van der Waals surface area (Å²) in [5, 5.41) is 0. The Morgan fingerprint density at radius 1 is 1.71 bits per heavy atom. The Bertz CT molecular complexity index is 308. The van der Waals surface area contributed by atoms with Gasteiger partial charge in [0, 0.05) is 11.0 Å². The van der Waals surface area contributed by atoms with Crippen LogP contribution in [0.5, 0.6) is 0 Å². The number of carbonyl (C=O) groups is 1. The quantitative estimate of drug-likeness (QED) is 0.519. The summed E-state index contributed by atoms with van der Waals surface area (Å²) >= 11 is 5.62. The number of ether oxygens (including phenoxy) is 1. The van der Waals surface area contributed by atoms with E-state index in [1.54, 1.807) is 0 Å². The molecular formula is C11H13ClO2. The number of halogens is 1. The minimum Gasteiger partial charge on any atom is -0.469 e. The molecule has 2 rings (SSSR count). The zero-order valence-electron chi connectivity index (χ0n) is 8.07. The van der Waals surface area contributed by atoms with Gasteiger partial charge < -0.3 is 4.74 Å². The summed E-state index contributed by atoms with van der Waals surface area (Å²) < 4.78 is 4.81. The summed E-state index contributed by atoms with van der Waals surface area (Å²) in [7, 11) is 1.44. The molecule has 0 radical (unpaired) electrons. The minimum atomic E-state index is -0.167. The molecule has 2 aliphatic carbocycles. The van der Waals surface area contributed by atoms with Crippen LogP contribution in [0, 0.1) is 17.3 Å². The SMILES string of the molecule is COC(=O)C1CC2C=CC1(C=CCl)C2. The van der Waals surface area contributed by atoms with Crippen molar-refractivity contribution in [1.29, 1.82) is 0 Å². The van der Waals surface area contributed by atoms with Crippen LogP contribution in [-0.2, 0) is 9.53 Å². The number of esters is 1. The number of rotatable bonds is 2. The molecule has 0 aromatic rings. The summed E-state index contributed by atoms with van der Waals surface area (Å²) in [6, 6.07) is 0. The molecule has 2 nitrogen and oxygen atoms in total. The highest BCUT2D eigenvalue weighted by Gasteiger charge is 2.50. The molecule has 2 bridgehead atoms. The summed E-state index contributed by atoms with van der Waals surface area (Å²) in [6.45, 7) is 0. The van der Waals surface area contributed by atoms with Crippen molar-refractivity contribution in [3.63, 3.8) is 0 Å². The molecule has 3 heteroatoms. The maximum atomic E-state index is 11.6. The van der Waals surface area contributed by atoms with Crippen LogP contribution in [-0.4, -0.2) is 13.1 Å². The first kappa shape index (κ1) is 9.78. The Morgan fingerprint density at radius 2 is 2.50 bits per heavy atom. The van der Waals surface area contributed by atoms with Gasteiger partial charge in [0.15, 0.2) is 0 Å². The van der Waals surface area contributed by atoms with Crippen molar-refractivity contribution in [3.8, 4) is 0 Å². The third-order valence-electron chi connectivity index (χ3n) is 3.34. The molecule has 0 N–H and O–H groups in total. The van der Waals surface area contributed by atoms with Gasteiger partial charge in [-0.25, -0.2) is 0 Å². The van der Waals surface area contributed by atoms with Crippen molar-refractivity contribution >= 4 is 17.6 Å². The first-order valence-electron chi connectivity index (χ1n) is 4.77. The van der Waals surface area contributed by atoms with E-state index in [2.05, 4.69) is 12.2 Å². The van der Waals surface area contributed by atoms with E-state index in [1.807, 2.05) is 6.08 Å². The maximum absolute atomic E-state index is 11.6. The molecular weight excluding hydrogens is 200 g/mol. The van der Waals surface area contributed by atoms with Gasteiger partial charge in [0.05, 0.1) is 13.0 Å². The molecule has 0 spiro atoms. The van der Waals surface area contributed by atoms with Crippen molar-refractivity contribution < 1.29 is 9.53 Å². The molecule has 0 aromatic heterocycles. The highest BCUT2D eigenvalue weighted by molar-refractivity contribution is 6.25. The standard InChI is InChI=1S/C11H13ClO2/c1-14-10(13)9-6-8-2-3-11(9,7-8)4-5-12/h2-5,8-9H,6-7H2,1H3. The van der Waals surface area contributed by atoms with Gasteiger partial charge in [-0.3, -0.25) is 4.79 Å². The van der Waals surface area contributed by atoms with E-state index in [0.29, 0.717) is 5.92 Å². The molecule has 0 aromatic carbocycles. The normalized spacial score (nSPS) is 39.6. The number of hydrogen-bond acceptors (Lipinski definition) is 2. The zero-order valence-corrected chi connectivity index (χ0v) is 8.83. The molecule has 3 unspecified atom stereocenters. The summed E-state index contributed by atoms with van der Waals surface area (Å²) in [4.78, 5) is 11.6. The van der Waals surface area contributed by atoms with Crippen LogP contribution in [0.15, 0.2) is 23.8 Å². The summed E-state index contributed by atoms with van der Waals surface area (Å²) in [5.74, 6) is 0.357. The van der Waals surface area contributed by atoms with E-state index in [-0.39, 0.29) is 17.3 Å². The van der Waals surface area contributed by atoms with Gasteiger partial charge in [-0.1, -0.05) is 29.8 Å². The van der Waals surface area contributed by atoms with Gasteiger partial charge in [-0.15, -0.1) is 0 Å². The molecule has 76 valence electrons. The lowest BCUT2D eigenvalue weighted by atomic mass is 9.78. The smallest absolute Gasteiger partial charge is 0.309 e. The van der Waals surface area contributed by atoms with E-state index in [4.69, 9.17) is 16.3 Å². The number of hydrogen-bond donors (Lipinski definition) is 0. The van der Waals surface area contributed by atoms with Crippen LogP contribution in [0.2, 0.25) is 0 Å². The van der Waals surface area contributed by atoms with Crippen LogP contribution in [0.3, 0.4) is 0 Å². The fraction of sp³-hybridized carbons (Fsp3) is 0.545. The lowest BCUT2D eigenvalue weighted by Crippen LogP contribution is -2.29. The van der Waals surface area contributed by atoms with Crippen LogP contribution >= 0.6 is 11.6 Å². The number of carbonyl (C=O) groups excluding carboxylic acids is 1. The molecule has 3 atom stereocenters. The monoisotopic (exact) mass is 212 g/mol. The van der Waals surface area contributed by atoms with Crippen molar-refractivity contribution in [2.24, 2.45) is 17.3 Å². The second-order valence-corrected chi connectivity index (χ2v) is 4.29. The number of allylic oxidation sites excluding steroid dienone is 3. The molecule has 14 heavy (non-hydrogen) atoms. The first-order valence-corrected chi connectivity index (χ1v) is 5.20. The lowest BCUT2D eigenvalue weighted by molar-refractivity contribution is -0.147. The second kappa shape index (κ2) is 3.43. The Balaban J connectivity index is 2.28. The van der Waals surface area contributed by atoms with Crippen LogP contribution in [0.25, 0.3) is 0 Å². The highest BCUT2D eigenvalue weighted by atomic mass is 35.5. The minimum absolute atomic E-state index is 0.0440. The third-order valence-corrected chi connectivity index (χ3v) is 3.47.